The molecule has 5 nitrogen and oxygen atoms in total. The molecule has 1 aliphatic heterocycles. The molecular weight excluding hydrogens is 330 g/mol. The fourth-order valence-electron chi connectivity index (χ4n) is 4.98. The predicted molar refractivity (Wildman–Crippen MR) is 94.9 cm³/mol. The van der Waals surface area contributed by atoms with E-state index in [1.807, 2.05) is 19.2 Å². The molecule has 0 saturated heterocycles. The van der Waals surface area contributed by atoms with Crippen molar-refractivity contribution in [1.29, 1.82) is 0 Å². The number of nitrogens with one attached hydrogen (secondary N) is 1. The summed E-state index contributed by atoms with van der Waals surface area (Å²) in [5, 5.41) is 14.9. The van der Waals surface area contributed by atoms with Gasteiger partial charge >= 0.3 is 5.97 Å². The van der Waals surface area contributed by atoms with E-state index in [0.29, 0.717) is 40.5 Å². The molecule has 0 aromatic heterocycles. The first kappa shape index (κ1) is 15.9. The Morgan fingerprint density at radius 2 is 1.62 bits per heavy atom. The molecule has 2 unspecified atom stereocenters. The Labute approximate surface area is 151 Å². The van der Waals surface area contributed by atoms with Crippen LogP contribution < -0.4 is 10.1 Å². The first-order valence-corrected chi connectivity index (χ1v) is 9.12. The summed E-state index contributed by atoms with van der Waals surface area (Å²) in [6.45, 7) is 0. The van der Waals surface area contributed by atoms with Crippen LogP contribution in [0.4, 0.5) is 0 Å². The SMILES string of the molecule is CNC1C2CCC1C2OC(=O)C1(O)c2ccccc2Oc2ccccc21. The summed E-state index contributed by atoms with van der Waals surface area (Å²) >= 11 is 0. The molecule has 6 rings (SSSR count). The third-order valence-corrected chi connectivity index (χ3v) is 6.25. The number of esters is 1. The van der Waals surface area contributed by atoms with E-state index in [2.05, 4.69) is 5.32 Å². The van der Waals surface area contributed by atoms with Gasteiger partial charge in [0.05, 0.1) is 0 Å². The first-order chi connectivity index (χ1) is 12.6. The van der Waals surface area contributed by atoms with Crippen molar-refractivity contribution in [2.24, 2.45) is 11.8 Å². The van der Waals surface area contributed by atoms with Crippen molar-refractivity contribution in [2.75, 3.05) is 7.05 Å². The van der Waals surface area contributed by atoms with E-state index in [1.54, 1.807) is 36.4 Å². The van der Waals surface area contributed by atoms with Crippen LogP contribution in [0.1, 0.15) is 24.0 Å². The van der Waals surface area contributed by atoms with Crippen LogP contribution in [0.2, 0.25) is 0 Å². The number of carbonyl (C=O) groups is 1. The van der Waals surface area contributed by atoms with E-state index in [0.717, 1.165) is 12.8 Å². The Bertz CT molecular complexity index is 822. The number of hydrogen-bond donors (Lipinski definition) is 2. The van der Waals surface area contributed by atoms with Crippen molar-refractivity contribution in [1.82, 2.24) is 5.32 Å². The smallest absolute Gasteiger partial charge is 0.348 e. The molecular formula is C21H21NO4. The summed E-state index contributed by atoms with van der Waals surface area (Å²) in [5.74, 6) is 1.02. The highest BCUT2D eigenvalue weighted by molar-refractivity contribution is 5.88. The lowest BCUT2D eigenvalue weighted by molar-refractivity contribution is -0.181. The molecule has 0 radical (unpaired) electrons. The molecule has 2 aromatic rings. The highest BCUT2D eigenvalue weighted by atomic mass is 16.6. The highest BCUT2D eigenvalue weighted by Gasteiger charge is 2.59. The predicted octanol–water partition coefficient (Wildman–Crippen LogP) is 2.57. The van der Waals surface area contributed by atoms with Gasteiger partial charge in [0.2, 0.25) is 5.60 Å². The molecule has 134 valence electrons. The van der Waals surface area contributed by atoms with Gasteiger partial charge in [-0.05, 0) is 32.0 Å². The van der Waals surface area contributed by atoms with Crippen LogP contribution in [0, 0.1) is 11.8 Å². The van der Waals surface area contributed by atoms with Gasteiger partial charge < -0.3 is 19.9 Å². The van der Waals surface area contributed by atoms with Crippen LogP contribution in [0.5, 0.6) is 11.5 Å². The third-order valence-electron chi connectivity index (χ3n) is 6.25. The van der Waals surface area contributed by atoms with Crippen molar-refractivity contribution in [3.05, 3.63) is 59.7 Å². The lowest BCUT2D eigenvalue weighted by atomic mass is 9.74. The zero-order valence-electron chi connectivity index (χ0n) is 14.5. The fraction of sp³-hybridized carbons (Fsp3) is 0.381. The Morgan fingerprint density at radius 1 is 1.08 bits per heavy atom. The number of ether oxygens (including phenoxy) is 2. The maximum absolute atomic E-state index is 13.2. The molecule has 26 heavy (non-hydrogen) atoms. The number of rotatable bonds is 3. The first-order valence-electron chi connectivity index (χ1n) is 9.12. The fourth-order valence-corrected chi connectivity index (χ4v) is 4.98. The van der Waals surface area contributed by atoms with Crippen molar-refractivity contribution in [3.8, 4) is 11.5 Å². The average Bonchev–Trinajstić information content (AvgIpc) is 3.28. The van der Waals surface area contributed by atoms with Crippen molar-refractivity contribution < 1.29 is 19.4 Å². The highest BCUT2D eigenvalue weighted by Crippen LogP contribution is 2.52. The molecule has 2 atom stereocenters. The number of para-hydroxylation sites is 2. The Hall–Kier alpha value is -2.37. The molecule has 3 fully saturated rings. The van der Waals surface area contributed by atoms with Gasteiger partial charge in [-0.1, -0.05) is 36.4 Å². The van der Waals surface area contributed by atoms with Crippen LogP contribution in [-0.4, -0.2) is 30.3 Å². The van der Waals surface area contributed by atoms with Crippen LogP contribution in [0.15, 0.2) is 48.5 Å². The molecule has 4 aliphatic rings. The minimum absolute atomic E-state index is 0.119. The summed E-state index contributed by atoms with van der Waals surface area (Å²) in [5.41, 5.74) is -0.989. The zero-order chi connectivity index (χ0) is 17.9. The van der Waals surface area contributed by atoms with Gasteiger partial charge in [0.25, 0.3) is 0 Å². The van der Waals surface area contributed by atoms with Gasteiger partial charge in [0, 0.05) is 29.0 Å². The quantitative estimate of drug-likeness (QED) is 0.832. The van der Waals surface area contributed by atoms with Gasteiger partial charge in [-0.2, -0.15) is 0 Å². The molecule has 0 amide bonds. The molecule has 1 heterocycles. The van der Waals surface area contributed by atoms with Crippen molar-refractivity contribution in [2.45, 2.75) is 30.6 Å². The van der Waals surface area contributed by atoms with Gasteiger partial charge in [-0.25, -0.2) is 4.79 Å². The number of hydrogen-bond acceptors (Lipinski definition) is 5. The Kier molecular flexibility index (Phi) is 3.39. The minimum atomic E-state index is -1.85. The summed E-state index contributed by atoms with van der Waals surface area (Å²) in [6, 6.07) is 14.6. The molecule has 0 spiro atoms. The number of carbonyl (C=O) groups excluding carboxylic acids is 1. The molecule has 2 bridgehead atoms. The summed E-state index contributed by atoms with van der Waals surface area (Å²) in [4.78, 5) is 13.2. The van der Waals surface area contributed by atoms with E-state index >= 15 is 0 Å². The van der Waals surface area contributed by atoms with E-state index in [4.69, 9.17) is 9.47 Å². The number of aliphatic hydroxyl groups is 1. The van der Waals surface area contributed by atoms with Crippen LogP contribution in [0.3, 0.4) is 0 Å². The monoisotopic (exact) mass is 351 g/mol. The standard InChI is InChI=1S/C21H21NO4/c1-22-18-12-10-11-13(18)19(12)26-20(23)21(24)14-6-2-4-8-16(14)25-17-9-5-3-7-15(17)21/h2-9,12-13,18-19,22,24H,10-11H2,1H3. The van der Waals surface area contributed by atoms with Crippen LogP contribution >= 0.6 is 0 Å². The summed E-state index contributed by atoms with van der Waals surface area (Å²) < 4.78 is 11.8. The van der Waals surface area contributed by atoms with Gasteiger partial charge in [-0.15, -0.1) is 0 Å². The summed E-state index contributed by atoms with van der Waals surface area (Å²) in [6.07, 6.45) is 2.00. The van der Waals surface area contributed by atoms with Crippen molar-refractivity contribution >= 4 is 5.97 Å². The Balaban J connectivity index is 1.53. The third kappa shape index (κ3) is 1.95. The maximum Gasteiger partial charge on any atom is 0.348 e. The lowest BCUT2D eigenvalue weighted by Crippen LogP contribution is -2.58. The minimum Gasteiger partial charge on any atom is -0.459 e. The number of fused-ring (bicyclic) bond motifs is 3. The number of benzene rings is 2. The second-order valence-corrected chi connectivity index (χ2v) is 7.39. The maximum atomic E-state index is 13.2. The topological polar surface area (TPSA) is 67.8 Å². The van der Waals surface area contributed by atoms with Crippen molar-refractivity contribution in [3.63, 3.8) is 0 Å². The molecule has 3 aliphatic carbocycles. The lowest BCUT2D eigenvalue weighted by Gasteiger charge is -2.45. The van der Waals surface area contributed by atoms with Gasteiger partial charge in [0.1, 0.15) is 17.6 Å². The normalized spacial score (nSPS) is 29.8. The van der Waals surface area contributed by atoms with Gasteiger partial charge in [0.15, 0.2) is 0 Å². The van der Waals surface area contributed by atoms with E-state index in [-0.39, 0.29) is 6.10 Å². The largest absolute Gasteiger partial charge is 0.459 e. The second kappa shape index (κ2) is 5.56. The molecule has 5 heteroatoms. The van der Waals surface area contributed by atoms with E-state index < -0.39 is 11.6 Å². The van der Waals surface area contributed by atoms with E-state index in [1.165, 1.54) is 0 Å². The second-order valence-electron chi connectivity index (χ2n) is 7.39. The molecule has 2 aromatic carbocycles. The summed E-state index contributed by atoms with van der Waals surface area (Å²) in [7, 11) is 1.95. The molecule has 3 saturated carbocycles. The average molecular weight is 351 g/mol. The molecule has 2 N–H and O–H groups in total. The van der Waals surface area contributed by atoms with Gasteiger partial charge in [-0.3, -0.25) is 0 Å². The zero-order valence-corrected chi connectivity index (χ0v) is 14.5. The van der Waals surface area contributed by atoms with E-state index in [9.17, 15) is 9.90 Å². The Morgan fingerprint density at radius 3 is 2.15 bits per heavy atom. The van der Waals surface area contributed by atoms with Crippen LogP contribution in [-0.2, 0) is 15.1 Å². The van der Waals surface area contributed by atoms with Crippen LogP contribution in [0.25, 0.3) is 0 Å².